The van der Waals surface area contributed by atoms with Crippen LogP contribution in [0.3, 0.4) is 0 Å². The zero-order valence-electron chi connectivity index (χ0n) is 9.21. The van der Waals surface area contributed by atoms with Crippen molar-refractivity contribution in [2.75, 3.05) is 0 Å². The molecule has 0 aromatic carbocycles. The maximum Gasteiger partial charge on any atom is 0.257 e. The number of hydrogen-bond acceptors (Lipinski definition) is 2. The largest absolute Gasteiger partial charge is 0.320 e. The topological polar surface area (TPSA) is 39.8 Å². The number of imidazole rings is 1. The average molecular weight is 205 g/mol. The third-order valence-electron chi connectivity index (χ3n) is 1.83. The van der Waals surface area contributed by atoms with Crippen molar-refractivity contribution in [1.82, 2.24) is 14.1 Å². The molecule has 80 valence electrons. The Balaban J connectivity index is 0.000000531. The van der Waals surface area contributed by atoms with E-state index in [9.17, 15) is 4.79 Å². The first-order chi connectivity index (χ1) is 7.29. The monoisotopic (exact) mass is 205 g/mol. The maximum atomic E-state index is 11.4. The molecule has 2 rings (SSSR count). The lowest BCUT2D eigenvalue weighted by Gasteiger charge is -2.02. The second kappa shape index (κ2) is 5.14. The molecule has 0 aliphatic heterocycles. The maximum absolute atomic E-state index is 11.4. The summed E-state index contributed by atoms with van der Waals surface area (Å²) in [5, 5.41) is 0. The summed E-state index contributed by atoms with van der Waals surface area (Å²) in [6.45, 7) is 4.00. The molecule has 0 unspecified atom stereocenters. The van der Waals surface area contributed by atoms with Crippen LogP contribution in [0, 0.1) is 0 Å². The molecule has 0 atom stereocenters. The molecule has 4 nitrogen and oxygen atoms in total. The molecule has 2 aromatic heterocycles. The van der Waals surface area contributed by atoms with Gasteiger partial charge in [-0.25, -0.2) is 4.98 Å². The highest BCUT2D eigenvalue weighted by Crippen LogP contribution is 1.98. The number of nitrogens with zero attached hydrogens (tertiary/aromatic N) is 3. The Morgan fingerprint density at radius 1 is 1.20 bits per heavy atom. The van der Waals surface area contributed by atoms with Gasteiger partial charge in [0, 0.05) is 31.7 Å². The first-order valence-electron chi connectivity index (χ1n) is 4.94. The number of aryl methyl sites for hydroxylation is 1. The van der Waals surface area contributed by atoms with Gasteiger partial charge in [0.1, 0.15) is 0 Å². The van der Waals surface area contributed by atoms with Crippen LogP contribution in [0.1, 0.15) is 13.8 Å². The summed E-state index contributed by atoms with van der Waals surface area (Å²) >= 11 is 0. The molecule has 0 aliphatic carbocycles. The van der Waals surface area contributed by atoms with Gasteiger partial charge in [-0.05, 0) is 6.07 Å². The van der Waals surface area contributed by atoms with E-state index in [1.165, 1.54) is 10.6 Å². The van der Waals surface area contributed by atoms with Gasteiger partial charge in [0.15, 0.2) is 0 Å². The van der Waals surface area contributed by atoms with Crippen molar-refractivity contribution >= 4 is 0 Å². The van der Waals surface area contributed by atoms with Gasteiger partial charge < -0.3 is 4.57 Å². The summed E-state index contributed by atoms with van der Waals surface area (Å²) in [5.41, 5.74) is -0.0724. The van der Waals surface area contributed by atoms with Crippen molar-refractivity contribution in [2.24, 2.45) is 7.05 Å². The minimum atomic E-state index is -0.0724. The molecule has 0 saturated carbocycles. The number of hydrogen-bond donors (Lipinski definition) is 0. The van der Waals surface area contributed by atoms with Gasteiger partial charge in [-0.15, -0.1) is 0 Å². The van der Waals surface area contributed by atoms with Crippen LogP contribution in [0.25, 0.3) is 5.95 Å². The Kier molecular flexibility index (Phi) is 3.85. The highest BCUT2D eigenvalue weighted by atomic mass is 16.1. The molecule has 2 heterocycles. The first kappa shape index (κ1) is 11.2. The molecular formula is C11H15N3O. The minimum absolute atomic E-state index is 0.0724. The van der Waals surface area contributed by atoms with Crippen LogP contribution in [0.2, 0.25) is 0 Å². The average Bonchev–Trinajstić information content (AvgIpc) is 2.68. The molecule has 0 N–H and O–H groups in total. The van der Waals surface area contributed by atoms with Crippen LogP contribution in [-0.4, -0.2) is 14.1 Å². The van der Waals surface area contributed by atoms with Crippen molar-refractivity contribution < 1.29 is 0 Å². The van der Waals surface area contributed by atoms with Gasteiger partial charge in [-0.3, -0.25) is 9.36 Å². The van der Waals surface area contributed by atoms with E-state index in [2.05, 4.69) is 4.98 Å². The molecule has 0 amide bonds. The second-order valence-electron chi connectivity index (χ2n) is 2.75. The molecule has 4 heteroatoms. The summed E-state index contributed by atoms with van der Waals surface area (Å²) in [5.74, 6) is 0.630. The van der Waals surface area contributed by atoms with Gasteiger partial charge in [0.2, 0.25) is 5.95 Å². The van der Waals surface area contributed by atoms with Crippen LogP contribution in [0.15, 0.2) is 41.6 Å². The van der Waals surface area contributed by atoms with Crippen LogP contribution < -0.4 is 5.56 Å². The normalized spacial score (nSPS) is 9.27. The predicted octanol–water partition coefficient (Wildman–Crippen LogP) is 1.60. The van der Waals surface area contributed by atoms with Crippen LogP contribution >= 0.6 is 0 Å². The zero-order valence-corrected chi connectivity index (χ0v) is 9.21. The summed E-state index contributed by atoms with van der Waals surface area (Å²) in [7, 11) is 1.85. The fourth-order valence-electron chi connectivity index (χ4n) is 1.18. The van der Waals surface area contributed by atoms with E-state index in [-0.39, 0.29) is 5.56 Å². The van der Waals surface area contributed by atoms with Crippen molar-refractivity contribution in [3.63, 3.8) is 0 Å². The fraction of sp³-hybridized carbons (Fsp3) is 0.273. The molecular weight excluding hydrogens is 190 g/mol. The Bertz CT molecular complexity index is 470. The van der Waals surface area contributed by atoms with Crippen molar-refractivity contribution in [2.45, 2.75) is 13.8 Å². The second-order valence-corrected chi connectivity index (χ2v) is 2.75. The van der Waals surface area contributed by atoms with E-state index >= 15 is 0 Å². The number of pyridine rings is 1. The van der Waals surface area contributed by atoms with E-state index in [0.717, 1.165) is 0 Å². The van der Waals surface area contributed by atoms with Gasteiger partial charge >= 0.3 is 0 Å². The van der Waals surface area contributed by atoms with Crippen LogP contribution in [-0.2, 0) is 7.05 Å². The van der Waals surface area contributed by atoms with Crippen molar-refractivity contribution in [1.29, 1.82) is 0 Å². The summed E-state index contributed by atoms with van der Waals surface area (Å²) in [6, 6.07) is 5.02. The predicted molar refractivity (Wildman–Crippen MR) is 60.2 cm³/mol. The molecule has 0 saturated heterocycles. The summed E-state index contributed by atoms with van der Waals surface area (Å²) < 4.78 is 3.29. The standard InChI is InChI=1S/C9H9N3O.C2H6/c1-11-7-5-10-9(11)12-6-3-2-4-8(12)13;1-2/h2-7H,1H3;1-2H3. The van der Waals surface area contributed by atoms with E-state index in [4.69, 9.17) is 0 Å². The molecule has 0 aliphatic rings. The molecule has 0 fully saturated rings. The molecule has 0 spiro atoms. The third kappa shape index (κ3) is 2.34. The quantitative estimate of drug-likeness (QED) is 0.709. The minimum Gasteiger partial charge on any atom is -0.320 e. The summed E-state index contributed by atoms with van der Waals surface area (Å²) in [6.07, 6.45) is 5.16. The molecule has 0 bridgehead atoms. The van der Waals surface area contributed by atoms with Gasteiger partial charge in [-0.1, -0.05) is 19.9 Å². The lowest BCUT2D eigenvalue weighted by molar-refractivity contribution is 0.798. The van der Waals surface area contributed by atoms with E-state index in [0.29, 0.717) is 5.95 Å². The Labute approximate surface area is 88.8 Å². The lowest BCUT2D eigenvalue weighted by Crippen LogP contribution is -2.18. The van der Waals surface area contributed by atoms with E-state index in [1.807, 2.05) is 20.9 Å². The number of aromatic nitrogens is 3. The van der Waals surface area contributed by atoms with Gasteiger partial charge in [0.25, 0.3) is 5.56 Å². The van der Waals surface area contributed by atoms with Crippen LogP contribution in [0.5, 0.6) is 0 Å². The SMILES string of the molecule is CC.Cn1ccnc1-n1ccccc1=O. The highest BCUT2D eigenvalue weighted by molar-refractivity contribution is 5.14. The Morgan fingerprint density at radius 3 is 2.47 bits per heavy atom. The van der Waals surface area contributed by atoms with Crippen molar-refractivity contribution in [3.05, 3.63) is 47.1 Å². The van der Waals surface area contributed by atoms with Crippen molar-refractivity contribution in [3.8, 4) is 5.95 Å². The zero-order chi connectivity index (χ0) is 11.3. The van der Waals surface area contributed by atoms with Crippen LogP contribution in [0.4, 0.5) is 0 Å². The fourth-order valence-corrected chi connectivity index (χ4v) is 1.18. The van der Waals surface area contributed by atoms with Gasteiger partial charge in [-0.2, -0.15) is 0 Å². The molecule has 15 heavy (non-hydrogen) atoms. The molecule has 2 aromatic rings. The Hall–Kier alpha value is -1.84. The van der Waals surface area contributed by atoms with E-state index in [1.54, 1.807) is 35.3 Å². The first-order valence-corrected chi connectivity index (χ1v) is 4.94. The smallest absolute Gasteiger partial charge is 0.257 e. The third-order valence-corrected chi connectivity index (χ3v) is 1.83. The van der Waals surface area contributed by atoms with E-state index < -0.39 is 0 Å². The lowest BCUT2D eigenvalue weighted by atomic mass is 10.5. The van der Waals surface area contributed by atoms with Gasteiger partial charge in [0.05, 0.1) is 0 Å². The number of rotatable bonds is 1. The molecule has 0 radical (unpaired) electrons. The summed E-state index contributed by atoms with van der Waals surface area (Å²) in [4.78, 5) is 15.5. The highest BCUT2D eigenvalue weighted by Gasteiger charge is 2.01. The Morgan fingerprint density at radius 2 is 1.93 bits per heavy atom.